The lowest BCUT2D eigenvalue weighted by Gasteiger charge is -2.21. The van der Waals surface area contributed by atoms with Gasteiger partial charge in [0.1, 0.15) is 0 Å². The summed E-state index contributed by atoms with van der Waals surface area (Å²) in [4.78, 5) is 24.3. The molecular formula is C17H26N2O3S3. The van der Waals surface area contributed by atoms with Gasteiger partial charge in [0.05, 0.1) is 12.5 Å². The van der Waals surface area contributed by atoms with Gasteiger partial charge in [-0.05, 0) is 36.8 Å². The van der Waals surface area contributed by atoms with E-state index in [1.807, 2.05) is 30.7 Å². The maximum atomic E-state index is 12.3. The minimum Gasteiger partial charge on any atom is -0.481 e. The Kier molecular flexibility index (Phi) is 11.7. The number of hydrogen-bond acceptors (Lipinski definition) is 5. The summed E-state index contributed by atoms with van der Waals surface area (Å²) in [5.41, 5.74) is 0. The van der Waals surface area contributed by atoms with E-state index in [0.29, 0.717) is 5.75 Å². The van der Waals surface area contributed by atoms with Crippen LogP contribution in [0.1, 0.15) is 12.8 Å². The van der Waals surface area contributed by atoms with Gasteiger partial charge in [0.25, 0.3) is 0 Å². The van der Waals surface area contributed by atoms with E-state index in [9.17, 15) is 9.59 Å². The van der Waals surface area contributed by atoms with E-state index in [-0.39, 0.29) is 24.5 Å². The molecule has 0 heterocycles. The molecule has 0 aliphatic carbocycles. The average molecular weight is 403 g/mol. The van der Waals surface area contributed by atoms with E-state index < -0.39 is 5.97 Å². The number of carboxylic acids is 1. The highest BCUT2D eigenvalue weighted by Crippen LogP contribution is 2.19. The first-order valence-corrected chi connectivity index (χ1v) is 11.8. The molecule has 2 atom stereocenters. The fourth-order valence-corrected chi connectivity index (χ4v) is 4.26. The predicted molar refractivity (Wildman–Crippen MR) is 110 cm³/mol. The molecule has 1 rings (SSSR count). The number of urea groups is 1. The highest BCUT2D eigenvalue weighted by molar-refractivity contribution is 7.99. The van der Waals surface area contributed by atoms with Crippen LogP contribution in [0.25, 0.3) is 0 Å². The van der Waals surface area contributed by atoms with E-state index in [2.05, 4.69) is 22.8 Å². The second-order valence-electron chi connectivity index (χ2n) is 5.47. The van der Waals surface area contributed by atoms with Crippen molar-refractivity contribution in [3.05, 3.63) is 30.3 Å². The van der Waals surface area contributed by atoms with Crippen molar-refractivity contribution in [1.82, 2.24) is 10.6 Å². The van der Waals surface area contributed by atoms with E-state index in [1.165, 1.54) is 16.7 Å². The lowest BCUT2D eigenvalue weighted by Crippen LogP contribution is -2.48. The third-order valence-corrected chi connectivity index (χ3v) is 5.88. The normalized spacial score (nSPS) is 13.0. The van der Waals surface area contributed by atoms with E-state index in [0.717, 1.165) is 17.9 Å². The largest absolute Gasteiger partial charge is 0.481 e. The summed E-state index contributed by atoms with van der Waals surface area (Å²) >= 11 is 4.98. The minimum absolute atomic E-state index is 0.0393. The molecule has 1 aromatic carbocycles. The van der Waals surface area contributed by atoms with Gasteiger partial charge in [0.15, 0.2) is 0 Å². The number of carboxylic acid groups (broad SMARTS) is 1. The number of amides is 2. The molecule has 0 bridgehead atoms. The number of benzene rings is 1. The Balaban J connectivity index is 2.53. The van der Waals surface area contributed by atoms with Crippen LogP contribution in [0.15, 0.2) is 35.2 Å². The van der Waals surface area contributed by atoms with Gasteiger partial charge in [0.2, 0.25) is 0 Å². The summed E-state index contributed by atoms with van der Waals surface area (Å²) < 4.78 is 0. The van der Waals surface area contributed by atoms with Crippen LogP contribution >= 0.6 is 35.3 Å². The summed E-state index contributed by atoms with van der Waals surface area (Å²) in [6.45, 7) is 0. The molecule has 0 radical (unpaired) electrons. The number of carbonyl (C=O) groups excluding carboxylic acids is 1. The first-order chi connectivity index (χ1) is 12.0. The molecule has 8 heteroatoms. The van der Waals surface area contributed by atoms with Crippen LogP contribution in [0.5, 0.6) is 0 Å². The third-order valence-electron chi connectivity index (χ3n) is 3.32. The van der Waals surface area contributed by atoms with E-state index in [4.69, 9.17) is 5.11 Å². The summed E-state index contributed by atoms with van der Waals surface area (Å²) in [5, 5.41) is 14.7. The molecule has 0 saturated heterocycles. The van der Waals surface area contributed by atoms with Gasteiger partial charge in [-0.25, -0.2) is 4.79 Å². The molecule has 25 heavy (non-hydrogen) atoms. The Bertz CT molecular complexity index is 517. The fraction of sp³-hybridized carbons (Fsp3) is 0.529. The minimum atomic E-state index is -0.905. The molecule has 2 amide bonds. The Morgan fingerprint density at radius 3 is 2.32 bits per heavy atom. The quantitative estimate of drug-likeness (QED) is 0.465. The number of carbonyl (C=O) groups is 2. The second kappa shape index (κ2) is 13.2. The zero-order valence-electron chi connectivity index (χ0n) is 14.6. The number of rotatable bonds is 12. The molecule has 0 aliphatic heterocycles. The van der Waals surface area contributed by atoms with Crippen LogP contribution in [0.3, 0.4) is 0 Å². The number of nitrogens with one attached hydrogen (secondary N) is 2. The number of aliphatic carboxylic acids is 1. The molecule has 0 aromatic heterocycles. The highest BCUT2D eigenvalue weighted by Gasteiger charge is 2.18. The summed E-state index contributed by atoms with van der Waals surface area (Å²) in [6.07, 6.45) is 4.75. The Morgan fingerprint density at radius 1 is 1.04 bits per heavy atom. The fourth-order valence-electron chi connectivity index (χ4n) is 2.15. The maximum absolute atomic E-state index is 12.3. The SMILES string of the molecule is CSCC[C@@H](CSc1ccccc1)NC(=O)N[C@H](CSC)CC(=O)O. The predicted octanol–water partition coefficient (Wildman–Crippen LogP) is 3.41. The Labute approximate surface area is 162 Å². The van der Waals surface area contributed by atoms with Gasteiger partial charge in [-0.1, -0.05) is 18.2 Å². The molecule has 3 N–H and O–H groups in total. The Hall–Kier alpha value is -0.990. The van der Waals surface area contributed by atoms with Crippen molar-refractivity contribution in [2.45, 2.75) is 29.8 Å². The van der Waals surface area contributed by atoms with Crippen molar-refractivity contribution in [3.8, 4) is 0 Å². The highest BCUT2D eigenvalue weighted by atomic mass is 32.2. The molecular weight excluding hydrogens is 376 g/mol. The van der Waals surface area contributed by atoms with Gasteiger partial charge < -0.3 is 15.7 Å². The zero-order chi connectivity index (χ0) is 18.5. The van der Waals surface area contributed by atoms with E-state index >= 15 is 0 Å². The molecule has 0 saturated carbocycles. The van der Waals surface area contributed by atoms with Crippen molar-refractivity contribution >= 4 is 47.3 Å². The van der Waals surface area contributed by atoms with Gasteiger partial charge in [0, 0.05) is 22.4 Å². The average Bonchev–Trinajstić information content (AvgIpc) is 2.57. The van der Waals surface area contributed by atoms with Gasteiger partial charge in [-0.15, -0.1) is 11.8 Å². The summed E-state index contributed by atoms with van der Waals surface area (Å²) in [5.74, 6) is 1.42. The van der Waals surface area contributed by atoms with Crippen LogP contribution in [-0.4, -0.2) is 59.0 Å². The van der Waals surface area contributed by atoms with Crippen LogP contribution in [0, 0.1) is 0 Å². The summed E-state index contributed by atoms with van der Waals surface area (Å²) in [7, 11) is 0. The Morgan fingerprint density at radius 2 is 1.72 bits per heavy atom. The molecule has 5 nitrogen and oxygen atoms in total. The van der Waals surface area contributed by atoms with Crippen molar-refractivity contribution < 1.29 is 14.7 Å². The standard InChI is InChI=1S/C17H26N2O3S3/c1-23-9-8-13(12-25-15-6-4-3-5-7-15)18-17(22)19-14(11-24-2)10-16(20)21/h3-7,13-14H,8-12H2,1-2H3,(H,20,21)(H2,18,19,22)/t13-,14-/m0/s1. The van der Waals surface area contributed by atoms with Crippen LogP contribution in [0.4, 0.5) is 4.79 Å². The lowest BCUT2D eigenvalue weighted by molar-refractivity contribution is -0.137. The lowest BCUT2D eigenvalue weighted by atomic mass is 10.2. The molecule has 0 aliphatic rings. The maximum Gasteiger partial charge on any atom is 0.315 e. The van der Waals surface area contributed by atoms with Crippen molar-refractivity contribution in [2.75, 3.05) is 29.8 Å². The van der Waals surface area contributed by atoms with Gasteiger partial charge in [-0.3, -0.25) is 4.79 Å². The molecule has 0 unspecified atom stereocenters. The van der Waals surface area contributed by atoms with Crippen LogP contribution in [0.2, 0.25) is 0 Å². The molecule has 0 spiro atoms. The number of thioether (sulfide) groups is 3. The first-order valence-electron chi connectivity index (χ1n) is 7.99. The smallest absolute Gasteiger partial charge is 0.315 e. The number of hydrogen-bond donors (Lipinski definition) is 3. The second-order valence-corrected chi connectivity index (χ2v) is 8.46. The van der Waals surface area contributed by atoms with Crippen LogP contribution in [-0.2, 0) is 4.79 Å². The van der Waals surface area contributed by atoms with E-state index in [1.54, 1.807) is 23.5 Å². The van der Waals surface area contributed by atoms with Crippen molar-refractivity contribution in [3.63, 3.8) is 0 Å². The molecule has 140 valence electrons. The third kappa shape index (κ3) is 10.6. The van der Waals surface area contributed by atoms with Gasteiger partial charge in [-0.2, -0.15) is 23.5 Å². The van der Waals surface area contributed by atoms with Crippen molar-refractivity contribution in [1.29, 1.82) is 0 Å². The first kappa shape index (κ1) is 22.1. The van der Waals surface area contributed by atoms with Gasteiger partial charge >= 0.3 is 12.0 Å². The van der Waals surface area contributed by atoms with Crippen molar-refractivity contribution in [2.24, 2.45) is 0 Å². The molecule has 1 aromatic rings. The topological polar surface area (TPSA) is 78.4 Å². The summed E-state index contributed by atoms with van der Waals surface area (Å²) in [6, 6.07) is 9.47. The van der Waals surface area contributed by atoms with Crippen LogP contribution < -0.4 is 10.6 Å². The molecule has 0 fully saturated rings. The zero-order valence-corrected chi connectivity index (χ0v) is 17.0. The monoisotopic (exact) mass is 402 g/mol.